The smallest absolute Gasteiger partial charge is 0.165 e. The van der Waals surface area contributed by atoms with Crippen LogP contribution in [0.2, 0.25) is 0 Å². The molecular weight excluding hydrogens is 252 g/mol. The Morgan fingerprint density at radius 1 is 1.32 bits per heavy atom. The first-order chi connectivity index (χ1) is 9.08. The van der Waals surface area contributed by atoms with Crippen molar-refractivity contribution < 1.29 is 13.5 Å². The van der Waals surface area contributed by atoms with E-state index in [9.17, 15) is 8.78 Å². The summed E-state index contributed by atoms with van der Waals surface area (Å²) in [4.78, 5) is 4.18. The monoisotopic (exact) mass is 267 g/mol. The Labute approximate surface area is 110 Å². The van der Waals surface area contributed by atoms with Crippen LogP contribution in [0.4, 0.5) is 8.78 Å². The highest BCUT2D eigenvalue weighted by Crippen LogP contribution is 2.30. The molecule has 0 fully saturated rings. The van der Waals surface area contributed by atoms with Gasteiger partial charge < -0.3 is 14.6 Å². The van der Waals surface area contributed by atoms with Crippen molar-refractivity contribution >= 4 is 0 Å². The average molecular weight is 267 g/mol. The van der Waals surface area contributed by atoms with Gasteiger partial charge in [0.15, 0.2) is 11.6 Å². The number of nitrogens with zero attached hydrogens (tertiary/aromatic N) is 2. The summed E-state index contributed by atoms with van der Waals surface area (Å²) in [5.74, 6) is -1.26. The summed E-state index contributed by atoms with van der Waals surface area (Å²) in [6.07, 6.45) is 1.57. The van der Waals surface area contributed by atoms with Gasteiger partial charge in [-0.3, -0.25) is 0 Å². The first-order valence-electron chi connectivity index (χ1n) is 5.76. The number of aromatic nitrogens is 2. The SMILES string of the molecule is CNCc1ncn(C)c1-c1cc(F)c(OC)cc1F. The molecule has 6 heteroatoms. The molecule has 2 rings (SSSR count). The number of aryl methyl sites for hydroxylation is 1. The minimum atomic E-state index is -0.601. The van der Waals surface area contributed by atoms with E-state index in [1.54, 1.807) is 25.0 Å². The van der Waals surface area contributed by atoms with Gasteiger partial charge in [0, 0.05) is 25.2 Å². The molecule has 0 radical (unpaired) electrons. The molecule has 4 nitrogen and oxygen atoms in total. The average Bonchev–Trinajstić information content (AvgIpc) is 2.73. The topological polar surface area (TPSA) is 39.1 Å². The Morgan fingerprint density at radius 3 is 2.68 bits per heavy atom. The molecular formula is C13H15F2N3O. The fourth-order valence-electron chi connectivity index (χ4n) is 1.99. The number of ether oxygens (including phenoxy) is 1. The third-order valence-electron chi connectivity index (χ3n) is 2.85. The summed E-state index contributed by atoms with van der Waals surface area (Å²) in [5.41, 5.74) is 1.38. The predicted octanol–water partition coefficient (Wildman–Crippen LogP) is 2.09. The highest BCUT2D eigenvalue weighted by atomic mass is 19.1. The Balaban J connectivity index is 2.59. The third kappa shape index (κ3) is 2.44. The molecule has 0 bridgehead atoms. The lowest BCUT2D eigenvalue weighted by Crippen LogP contribution is -2.08. The second-order valence-corrected chi connectivity index (χ2v) is 4.15. The molecule has 0 atom stereocenters. The van der Waals surface area contributed by atoms with Crippen molar-refractivity contribution in [3.8, 4) is 17.0 Å². The number of halogens is 2. The molecule has 1 aromatic carbocycles. The number of hydrogen-bond acceptors (Lipinski definition) is 3. The quantitative estimate of drug-likeness (QED) is 0.922. The maximum atomic E-state index is 14.1. The van der Waals surface area contributed by atoms with E-state index in [2.05, 4.69) is 10.3 Å². The summed E-state index contributed by atoms with van der Waals surface area (Å²) >= 11 is 0. The zero-order valence-electron chi connectivity index (χ0n) is 11.0. The van der Waals surface area contributed by atoms with Gasteiger partial charge in [0.05, 0.1) is 24.8 Å². The number of benzene rings is 1. The van der Waals surface area contributed by atoms with Crippen LogP contribution in [0.1, 0.15) is 5.69 Å². The molecule has 0 unspecified atom stereocenters. The molecule has 19 heavy (non-hydrogen) atoms. The van der Waals surface area contributed by atoms with Crippen molar-refractivity contribution in [2.24, 2.45) is 7.05 Å². The van der Waals surface area contributed by atoms with Crippen LogP contribution < -0.4 is 10.1 Å². The van der Waals surface area contributed by atoms with E-state index < -0.39 is 11.6 Å². The van der Waals surface area contributed by atoms with E-state index in [4.69, 9.17) is 4.74 Å². The first-order valence-corrected chi connectivity index (χ1v) is 5.76. The van der Waals surface area contributed by atoms with E-state index >= 15 is 0 Å². The zero-order chi connectivity index (χ0) is 14.0. The fourth-order valence-corrected chi connectivity index (χ4v) is 1.99. The molecule has 102 valence electrons. The highest BCUT2D eigenvalue weighted by molar-refractivity contribution is 5.64. The number of imidazole rings is 1. The Kier molecular flexibility index (Phi) is 3.80. The Bertz CT molecular complexity index is 596. The van der Waals surface area contributed by atoms with Crippen LogP contribution in [0, 0.1) is 11.6 Å². The van der Waals surface area contributed by atoms with Gasteiger partial charge in [-0.2, -0.15) is 0 Å². The molecule has 0 saturated carbocycles. The maximum absolute atomic E-state index is 14.1. The maximum Gasteiger partial charge on any atom is 0.165 e. The number of hydrogen-bond donors (Lipinski definition) is 1. The van der Waals surface area contributed by atoms with Crippen LogP contribution >= 0.6 is 0 Å². The van der Waals surface area contributed by atoms with E-state index in [-0.39, 0.29) is 11.3 Å². The van der Waals surface area contributed by atoms with Gasteiger partial charge >= 0.3 is 0 Å². The van der Waals surface area contributed by atoms with Crippen molar-refractivity contribution in [3.63, 3.8) is 0 Å². The lowest BCUT2D eigenvalue weighted by Gasteiger charge is -2.10. The van der Waals surface area contributed by atoms with E-state index in [1.807, 2.05) is 0 Å². The second kappa shape index (κ2) is 5.36. The number of rotatable bonds is 4. The van der Waals surface area contributed by atoms with Crippen LogP contribution in [0.25, 0.3) is 11.3 Å². The van der Waals surface area contributed by atoms with Gasteiger partial charge in [-0.25, -0.2) is 13.8 Å². The van der Waals surface area contributed by atoms with Crippen molar-refractivity contribution in [1.29, 1.82) is 0 Å². The summed E-state index contributed by atoms with van der Waals surface area (Å²) in [6, 6.07) is 2.17. The lowest BCUT2D eigenvalue weighted by atomic mass is 10.1. The molecule has 0 aliphatic rings. The largest absolute Gasteiger partial charge is 0.494 e. The van der Waals surface area contributed by atoms with E-state index in [0.29, 0.717) is 17.9 Å². The van der Waals surface area contributed by atoms with Crippen molar-refractivity contribution in [2.75, 3.05) is 14.2 Å². The molecule has 0 saturated heterocycles. The van der Waals surface area contributed by atoms with E-state index in [0.717, 1.165) is 12.1 Å². The summed E-state index contributed by atoms with van der Waals surface area (Å²) in [5, 5.41) is 2.95. The number of methoxy groups -OCH3 is 1. The molecule has 0 spiro atoms. The summed E-state index contributed by atoms with van der Waals surface area (Å²) < 4.78 is 34.2. The van der Waals surface area contributed by atoms with E-state index in [1.165, 1.54) is 7.11 Å². The van der Waals surface area contributed by atoms with Gasteiger partial charge in [0.1, 0.15) is 5.82 Å². The van der Waals surface area contributed by atoms with Crippen LogP contribution in [0.3, 0.4) is 0 Å². The van der Waals surface area contributed by atoms with Gasteiger partial charge in [-0.15, -0.1) is 0 Å². The van der Waals surface area contributed by atoms with Crippen LogP contribution in [0.15, 0.2) is 18.5 Å². The minimum Gasteiger partial charge on any atom is -0.494 e. The van der Waals surface area contributed by atoms with Crippen molar-refractivity contribution in [2.45, 2.75) is 6.54 Å². The summed E-state index contributed by atoms with van der Waals surface area (Å²) in [6.45, 7) is 0.475. The Morgan fingerprint density at radius 2 is 2.05 bits per heavy atom. The molecule has 1 heterocycles. The third-order valence-corrected chi connectivity index (χ3v) is 2.85. The first kappa shape index (κ1) is 13.5. The molecule has 0 aliphatic heterocycles. The van der Waals surface area contributed by atoms with Gasteiger partial charge in [0.25, 0.3) is 0 Å². The molecule has 2 aromatic rings. The van der Waals surface area contributed by atoms with Gasteiger partial charge in [0.2, 0.25) is 0 Å². The Hall–Kier alpha value is -1.95. The second-order valence-electron chi connectivity index (χ2n) is 4.15. The number of nitrogens with one attached hydrogen (secondary N) is 1. The highest BCUT2D eigenvalue weighted by Gasteiger charge is 2.18. The minimum absolute atomic E-state index is 0.112. The molecule has 0 amide bonds. The van der Waals surface area contributed by atoms with Crippen molar-refractivity contribution in [3.05, 3.63) is 35.8 Å². The lowest BCUT2D eigenvalue weighted by molar-refractivity contribution is 0.383. The summed E-state index contributed by atoms with van der Waals surface area (Å²) in [7, 11) is 4.81. The van der Waals surface area contributed by atoms with Crippen LogP contribution in [0.5, 0.6) is 5.75 Å². The molecule has 1 N–H and O–H groups in total. The molecule has 0 aliphatic carbocycles. The van der Waals surface area contributed by atoms with Crippen LogP contribution in [-0.4, -0.2) is 23.7 Å². The standard InChI is InChI=1S/C13H15F2N3O/c1-16-6-11-13(18(2)7-17-11)8-4-10(15)12(19-3)5-9(8)14/h4-5,7,16H,6H2,1-3H3. The zero-order valence-corrected chi connectivity index (χ0v) is 11.0. The van der Waals surface area contributed by atoms with Gasteiger partial charge in [-0.05, 0) is 13.1 Å². The predicted molar refractivity (Wildman–Crippen MR) is 67.9 cm³/mol. The molecule has 1 aromatic heterocycles. The normalized spacial score (nSPS) is 10.8. The van der Waals surface area contributed by atoms with Crippen molar-refractivity contribution in [1.82, 2.24) is 14.9 Å². The van der Waals surface area contributed by atoms with Crippen LogP contribution in [-0.2, 0) is 13.6 Å². The fraction of sp³-hybridized carbons (Fsp3) is 0.308. The van der Waals surface area contributed by atoms with Gasteiger partial charge in [-0.1, -0.05) is 0 Å².